The van der Waals surface area contributed by atoms with Crippen LogP contribution < -0.4 is 10.6 Å². The molecule has 2 amide bonds. The van der Waals surface area contributed by atoms with Gasteiger partial charge in [0.05, 0.1) is 12.5 Å². The van der Waals surface area contributed by atoms with E-state index >= 15 is 0 Å². The number of carbonyl (C=O) groups excluding carboxylic acids is 2. The van der Waals surface area contributed by atoms with Gasteiger partial charge in [0.25, 0.3) is 0 Å². The van der Waals surface area contributed by atoms with Gasteiger partial charge in [-0.15, -0.1) is 12.4 Å². The molecule has 3 N–H and O–H groups in total. The summed E-state index contributed by atoms with van der Waals surface area (Å²) in [5.74, 6) is 0.105. The van der Waals surface area contributed by atoms with Crippen molar-refractivity contribution in [3.8, 4) is 5.75 Å². The number of hydrogen-bond donors (Lipinski definition) is 3. The molecule has 0 spiro atoms. The highest BCUT2D eigenvalue weighted by Crippen LogP contribution is 2.40. The van der Waals surface area contributed by atoms with Crippen molar-refractivity contribution in [1.82, 2.24) is 15.5 Å². The summed E-state index contributed by atoms with van der Waals surface area (Å²) in [5, 5.41) is 15.2. The summed E-state index contributed by atoms with van der Waals surface area (Å²) in [6, 6.07) is 17.4. The summed E-state index contributed by atoms with van der Waals surface area (Å²) in [7, 11) is 1.56. The molecule has 7 heteroatoms. The number of amides is 2. The molecule has 0 bridgehead atoms. The Bertz CT molecular complexity index is 924. The van der Waals surface area contributed by atoms with Crippen molar-refractivity contribution in [3.63, 3.8) is 0 Å². The number of phenols is 1. The molecule has 33 heavy (non-hydrogen) atoms. The molecule has 3 unspecified atom stereocenters. The standard InChI is InChI=1S/C26H35N3O3.ClH/c1-19-18-29(15-13-26(19,2)21-10-7-11-22(30)16-21)14-12-23(20-8-5-4-6-9-20)25(32)28-17-24(31)27-3;/h4-11,16,19,23,30H,12-15,17-18H2,1-3H3,(H,27,31)(H,28,32);1H. The fraction of sp³-hybridized carbons (Fsp3) is 0.462. The number of aromatic hydroxyl groups is 1. The molecule has 6 nitrogen and oxygen atoms in total. The van der Waals surface area contributed by atoms with Crippen molar-refractivity contribution in [1.29, 1.82) is 0 Å². The number of hydrogen-bond acceptors (Lipinski definition) is 4. The van der Waals surface area contributed by atoms with Crippen molar-refractivity contribution < 1.29 is 14.7 Å². The van der Waals surface area contributed by atoms with Gasteiger partial charge in [-0.25, -0.2) is 0 Å². The maximum atomic E-state index is 12.9. The second kappa shape index (κ2) is 12.1. The van der Waals surface area contributed by atoms with Crippen LogP contribution in [0.1, 0.15) is 43.7 Å². The molecule has 0 aromatic heterocycles. The Balaban J connectivity index is 0.00000385. The monoisotopic (exact) mass is 473 g/mol. The van der Waals surface area contributed by atoms with E-state index in [0.717, 1.165) is 31.6 Å². The van der Waals surface area contributed by atoms with Crippen LogP contribution in [0.25, 0.3) is 0 Å². The average molecular weight is 474 g/mol. The van der Waals surface area contributed by atoms with Gasteiger partial charge in [-0.2, -0.15) is 0 Å². The average Bonchev–Trinajstić information content (AvgIpc) is 2.80. The molecular weight excluding hydrogens is 438 g/mol. The summed E-state index contributed by atoms with van der Waals surface area (Å²) in [6.07, 6.45) is 1.69. The maximum Gasteiger partial charge on any atom is 0.239 e. The van der Waals surface area contributed by atoms with E-state index in [1.807, 2.05) is 42.5 Å². The number of likely N-dealkylation sites (tertiary alicyclic amines) is 1. The number of piperidine rings is 1. The highest BCUT2D eigenvalue weighted by atomic mass is 35.5. The minimum Gasteiger partial charge on any atom is -0.508 e. The quantitative estimate of drug-likeness (QED) is 0.548. The molecule has 3 rings (SSSR count). The molecule has 0 radical (unpaired) electrons. The minimum absolute atomic E-state index is 0. The Morgan fingerprint density at radius 1 is 1.18 bits per heavy atom. The number of nitrogens with one attached hydrogen (secondary N) is 2. The molecule has 1 heterocycles. The lowest BCUT2D eigenvalue weighted by atomic mass is 9.68. The van der Waals surface area contributed by atoms with Crippen molar-refractivity contribution >= 4 is 24.2 Å². The van der Waals surface area contributed by atoms with Crippen molar-refractivity contribution in [3.05, 3.63) is 65.7 Å². The Morgan fingerprint density at radius 2 is 1.91 bits per heavy atom. The molecule has 0 aliphatic carbocycles. The van der Waals surface area contributed by atoms with Crippen LogP contribution in [0.5, 0.6) is 5.75 Å². The Labute approximate surface area is 203 Å². The van der Waals surface area contributed by atoms with Gasteiger partial charge < -0.3 is 20.6 Å². The van der Waals surface area contributed by atoms with Crippen LogP contribution in [0, 0.1) is 5.92 Å². The van der Waals surface area contributed by atoms with Gasteiger partial charge in [0.15, 0.2) is 0 Å². The minimum atomic E-state index is -0.296. The van der Waals surface area contributed by atoms with Gasteiger partial charge in [0.2, 0.25) is 11.8 Å². The van der Waals surface area contributed by atoms with Gasteiger partial charge in [-0.05, 0) is 60.5 Å². The van der Waals surface area contributed by atoms with Gasteiger partial charge >= 0.3 is 0 Å². The lowest BCUT2D eigenvalue weighted by Gasteiger charge is -2.45. The number of benzene rings is 2. The van der Waals surface area contributed by atoms with Gasteiger partial charge in [-0.3, -0.25) is 9.59 Å². The summed E-state index contributed by atoms with van der Waals surface area (Å²) in [6.45, 7) is 7.23. The molecule has 1 fully saturated rings. The number of phenolic OH excluding ortho intramolecular Hbond substituents is 1. The largest absolute Gasteiger partial charge is 0.508 e. The van der Waals surface area contributed by atoms with Crippen LogP contribution in [0.3, 0.4) is 0 Å². The van der Waals surface area contributed by atoms with Gasteiger partial charge in [-0.1, -0.05) is 56.3 Å². The summed E-state index contributed by atoms with van der Waals surface area (Å²) < 4.78 is 0. The fourth-order valence-corrected chi connectivity index (χ4v) is 4.64. The van der Waals surface area contributed by atoms with E-state index in [4.69, 9.17) is 0 Å². The summed E-state index contributed by atoms with van der Waals surface area (Å²) in [4.78, 5) is 26.9. The van der Waals surface area contributed by atoms with Crippen molar-refractivity contribution in [2.24, 2.45) is 5.92 Å². The Hall–Kier alpha value is -2.57. The first-order valence-electron chi connectivity index (χ1n) is 11.4. The number of halogens is 1. The first-order valence-corrected chi connectivity index (χ1v) is 11.4. The predicted molar refractivity (Wildman–Crippen MR) is 134 cm³/mol. The van der Waals surface area contributed by atoms with E-state index in [2.05, 4.69) is 35.4 Å². The van der Waals surface area contributed by atoms with Crippen LogP contribution >= 0.6 is 12.4 Å². The van der Waals surface area contributed by atoms with E-state index in [1.165, 1.54) is 5.56 Å². The summed E-state index contributed by atoms with van der Waals surface area (Å²) >= 11 is 0. The third-order valence-electron chi connectivity index (χ3n) is 7.03. The molecule has 2 aromatic rings. The summed E-state index contributed by atoms with van der Waals surface area (Å²) in [5.41, 5.74) is 2.16. The Morgan fingerprint density at radius 3 is 2.55 bits per heavy atom. The van der Waals surface area contributed by atoms with E-state index < -0.39 is 0 Å². The normalized spacial score (nSPS) is 21.5. The SMILES string of the molecule is CNC(=O)CNC(=O)C(CCN1CCC(C)(c2cccc(O)c2)C(C)C1)c1ccccc1.Cl. The smallest absolute Gasteiger partial charge is 0.239 e. The number of likely N-dealkylation sites (N-methyl/N-ethyl adjacent to an activating group) is 1. The first kappa shape index (κ1) is 26.7. The van der Waals surface area contributed by atoms with Gasteiger partial charge in [0.1, 0.15) is 5.75 Å². The number of carbonyl (C=O) groups is 2. The fourth-order valence-electron chi connectivity index (χ4n) is 4.64. The van der Waals surface area contributed by atoms with E-state index in [0.29, 0.717) is 18.1 Å². The van der Waals surface area contributed by atoms with E-state index in [-0.39, 0.29) is 42.1 Å². The predicted octanol–water partition coefficient (Wildman–Crippen LogP) is 3.45. The highest BCUT2D eigenvalue weighted by molar-refractivity contribution is 5.88. The van der Waals surface area contributed by atoms with Crippen molar-refractivity contribution in [2.75, 3.05) is 33.2 Å². The second-order valence-corrected chi connectivity index (χ2v) is 9.06. The van der Waals surface area contributed by atoms with E-state index in [9.17, 15) is 14.7 Å². The topological polar surface area (TPSA) is 81.7 Å². The Kier molecular flexibility index (Phi) is 9.74. The molecule has 0 saturated carbocycles. The first-order chi connectivity index (χ1) is 15.3. The van der Waals surface area contributed by atoms with Crippen molar-refractivity contribution in [2.45, 2.75) is 38.0 Å². The molecule has 1 aliphatic heterocycles. The number of nitrogens with zero attached hydrogens (tertiary/aromatic N) is 1. The lowest BCUT2D eigenvalue weighted by molar-refractivity contribution is -0.126. The lowest BCUT2D eigenvalue weighted by Crippen LogP contribution is -2.48. The van der Waals surface area contributed by atoms with Crippen LogP contribution in [-0.2, 0) is 15.0 Å². The third kappa shape index (κ3) is 6.71. The zero-order chi connectivity index (χ0) is 23.1. The van der Waals surface area contributed by atoms with E-state index in [1.54, 1.807) is 13.1 Å². The van der Waals surface area contributed by atoms with Crippen LogP contribution in [0.2, 0.25) is 0 Å². The zero-order valence-electron chi connectivity index (χ0n) is 19.7. The highest BCUT2D eigenvalue weighted by Gasteiger charge is 2.38. The maximum absolute atomic E-state index is 12.9. The second-order valence-electron chi connectivity index (χ2n) is 9.06. The molecule has 1 saturated heterocycles. The molecule has 3 atom stereocenters. The molecule has 2 aromatic carbocycles. The molecule has 1 aliphatic rings. The van der Waals surface area contributed by atoms with Crippen LogP contribution in [0.15, 0.2) is 54.6 Å². The van der Waals surface area contributed by atoms with Crippen LogP contribution in [-0.4, -0.2) is 55.0 Å². The van der Waals surface area contributed by atoms with Gasteiger partial charge in [0, 0.05) is 13.6 Å². The zero-order valence-corrected chi connectivity index (χ0v) is 20.5. The molecular formula is C26H36ClN3O3. The third-order valence-corrected chi connectivity index (χ3v) is 7.03. The number of rotatable bonds is 8. The molecule has 180 valence electrons. The van der Waals surface area contributed by atoms with Crippen LogP contribution in [0.4, 0.5) is 0 Å².